The molecule has 12 heteroatoms. The van der Waals surface area contributed by atoms with Crippen LogP contribution >= 0.6 is 0 Å². The van der Waals surface area contributed by atoms with E-state index in [1.807, 2.05) is 30.3 Å². The monoisotopic (exact) mass is 471 g/mol. The topological polar surface area (TPSA) is 153 Å². The van der Waals surface area contributed by atoms with E-state index in [1.54, 1.807) is 4.90 Å². The molecule has 1 aromatic carbocycles. The highest BCUT2D eigenvalue weighted by Gasteiger charge is 2.32. The second kappa shape index (κ2) is 13.0. The number of nitrogens with one attached hydrogen (secondary N) is 2. The maximum absolute atomic E-state index is 13.1. The van der Waals surface area contributed by atoms with Crippen molar-refractivity contribution < 1.29 is 29.2 Å². The number of hydrogen-bond donors (Lipinski definition) is 4. The van der Waals surface area contributed by atoms with Crippen molar-refractivity contribution in [2.45, 2.75) is 31.2 Å². The van der Waals surface area contributed by atoms with Gasteiger partial charge in [-0.05, 0) is 18.4 Å². The van der Waals surface area contributed by atoms with Gasteiger partial charge >= 0.3 is 7.12 Å². The van der Waals surface area contributed by atoms with Crippen LogP contribution in [0.25, 0.3) is 0 Å². The van der Waals surface area contributed by atoms with Crippen LogP contribution in [0.15, 0.2) is 40.3 Å². The standard InChI is InChI=1S/C22H30BN5O6/c29-20(28-10-12-34-13-11-28)14-17(26-22(31)18-15-24-8-9-25-18)21(30)27-19(23(32)33)7-6-16-4-2-1-3-5-16/h1-5,15,17,19,32-33H,6-14H2,(H,26,31)(H,27,30)/t17-,19+/m1/s1. The lowest BCUT2D eigenvalue weighted by Gasteiger charge is -2.29. The zero-order chi connectivity index (χ0) is 24.3. The Morgan fingerprint density at radius 1 is 1.09 bits per heavy atom. The van der Waals surface area contributed by atoms with Gasteiger partial charge in [0.15, 0.2) is 0 Å². The Kier molecular flexibility index (Phi) is 9.74. The van der Waals surface area contributed by atoms with E-state index >= 15 is 0 Å². The smallest absolute Gasteiger partial charge is 0.426 e. The maximum atomic E-state index is 13.1. The lowest BCUT2D eigenvalue weighted by molar-refractivity contribution is -0.138. The van der Waals surface area contributed by atoms with Crippen molar-refractivity contribution in [2.75, 3.05) is 39.4 Å². The molecule has 3 amide bonds. The van der Waals surface area contributed by atoms with E-state index < -0.39 is 30.9 Å². The highest BCUT2D eigenvalue weighted by Crippen LogP contribution is 2.08. The first-order valence-corrected chi connectivity index (χ1v) is 11.3. The molecule has 0 spiro atoms. The Bertz CT molecular complexity index is 904. The van der Waals surface area contributed by atoms with E-state index in [2.05, 4.69) is 20.6 Å². The van der Waals surface area contributed by atoms with Gasteiger partial charge in [0.2, 0.25) is 11.8 Å². The summed E-state index contributed by atoms with van der Waals surface area (Å²) in [5, 5.41) is 24.8. The first-order chi connectivity index (χ1) is 16.4. The number of aryl methyl sites for hydroxylation is 1. The third-order valence-electron chi connectivity index (χ3n) is 5.60. The van der Waals surface area contributed by atoms with Gasteiger partial charge in [-0.1, -0.05) is 30.3 Å². The fourth-order valence-electron chi connectivity index (χ4n) is 3.65. The minimum atomic E-state index is -1.81. The Balaban J connectivity index is 1.67. The predicted octanol–water partition coefficient (Wildman–Crippen LogP) is -1.62. The number of carbonyl (C=O) groups excluding carboxylic acids is 3. The summed E-state index contributed by atoms with van der Waals surface area (Å²) in [4.78, 5) is 48.2. The molecule has 1 fully saturated rings. The molecule has 2 aliphatic heterocycles. The van der Waals surface area contributed by atoms with Crippen LogP contribution in [-0.4, -0.2) is 103 Å². The average Bonchev–Trinajstić information content (AvgIpc) is 2.87. The van der Waals surface area contributed by atoms with E-state index in [4.69, 9.17) is 4.74 Å². The highest BCUT2D eigenvalue weighted by atomic mass is 16.5. The maximum Gasteiger partial charge on any atom is 0.475 e. The van der Waals surface area contributed by atoms with Gasteiger partial charge in [-0.25, -0.2) is 0 Å². The molecule has 182 valence electrons. The molecule has 1 saturated heterocycles. The Morgan fingerprint density at radius 3 is 2.47 bits per heavy atom. The fourth-order valence-corrected chi connectivity index (χ4v) is 3.65. The van der Waals surface area contributed by atoms with Crippen LogP contribution in [0.2, 0.25) is 0 Å². The second-order valence-corrected chi connectivity index (χ2v) is 8.08. The third-order valence-corrected chi connectivity index (χ3v) is 5.60. The normalized spacial score (nSPS) is 17.4. The number of rotatable bonds is 10. The van der Waals surface area contributed by atoms with Crippen LogP contribution in [0.4, 0.5) is 0 Å². The van der Waals surface area contributed by atoms with E-state index in [9.17, 15) is 24.4 Å². The van der Waals surface area contributed by atoms with Crippen molar-refractivity contribution >= 4 is 36.8 Å². The summed E-state index contributed by atoms with van der Waals surface area (Å²) in [6, 6.07) is 8.21. The quantitative estimate of drug-likeness (QED) is 0.301. The SMILES string of the molecule is O=C(N[C@H](CC(=O)N1CCOCC1)C(=O)N[C@@H](CCc1ccccc1)B(O)O)C1=NCCN=C1. The summed E-state index contributed by atoms with van der Waals surface area (Å²) in [7, 11) is -1.81. The molecule has 2 atom stereocenters. The van der Waals surface area contributed by atoms with Gasteiger partial charge in [-0.3, -0.25) is 24.4 Å². The molecule has 0 unspecified atom stereocenters. The summed E-state index contributed by atoms with van der Waals surface area (Å²) in [6.45, 7) is 2.45. The van der Waals surface area contributed by atoms with Gasteiger partial charge < -0.3 is 30.3 Å². The predicted molar refractivity (Wildman–Crippen MR) is 126 cm³/mol. The van der Waals surface area contributed by atoms with Crippen LogP contribution in [0.5, 0.6) is 0 Å². The molecule has 0 aliphatic carbocycles. The zero-order valence-corrected chi connectivity index (χ0v) is 18.9. The molecule has 0 bridgehead atoms. The summed E-state index contributed by atoms with van der Waals surface area (Å²) in [5.41, 5.74) is 1.05. The van der Waals surface area contributed by atoms with Gasteiger partial charge in [0, 0.05) is 13.1 Å². The average molecular weight is 471 g/mol. The molecule has 2 heterocycles. The molecule has 4 N–H and O–H groups in total. The molecule has 0 saturated carbocycles. The zero-order valence-electron chi connectivity index (χ0n) is 18.9. The van der Waals surface area contributed by atoms with Crippen molar-refractivity contribution in [3.8, 4) is 0 Å². The lowest BCUT2D eigenvalue weighted by Crippen LogP contribution is -2.56. The summed E-state index contributed by atoms with van der Waals surface area (Å²) >= 11 is 0. The Labute approximate surface area is 198 Å². The third kappa shape index (κ3) is 7.75. The second-order valence-electron chi connectivity index (χ2n) is 8.08. The minimum Gasteiger partial charge on any atom is -0.426 e. The van der Waals surface area contributed by atoms with Gasteiger partial charge in [0.1, 0.15) is 11.8 Å². The molecular weight excluding hydrogens is 441 g/mol. The van der Waals surface area contributed by atoms with Gasteiger partial charge in [0.25, 0.3) is 5.91 Å². The molecule has 11 nitrogen and oxygen atoms in total. The van der Waals surface area contributed by atoms with Crippen molar-refractivity contribution in [3.63, 3.8) is 0 Å². The van der Waals surface area contributed by atoms with E-state index in [1.165, 1.54) is 6.21 Å². The molecule has 0 aromatic heterocycles. The number of ether oxygens (including phenoxy) is 1. The van der Waals surface area contributed by atoms with E-state index in [-0.39, 0.29) is 24.5 Å². The molecule has 1 aromatic rings. The Morgan fingerprint density at radius 2 is 1.82 bits per heavy atom. The van der Waals surface area contributed by atoms with Gasteiger partial charge in [-0.2, -0.15) is 0 Å². The number of morpholine rings is 1. The number of amides is 3. The number of benzene rings is 1. The van der Waals surface area contributed by atoms with Crippen molar-refractivity contribution in [3.05, 3.63) is 35.9 Å². The highest BCUT2D eigenvalue weighted by molar-refractivity contribution is 6.61. The Hall–Kier alpha value is -3.09. The summed E-state index contributed by atoms with van der Waals surface area (Å²) in [6.07, 6.45) is 1.80. The van der Waals surface area contributed by atoms with E-state index in [0.717, 1.165) is 5.56 Å². The molecule has 3 rings (SSSR count). The molecule has 0 radical (unpaired) electrons. The summed E-state index contributed by atoms with van der Waals surface area (Å²) in [5.74, 6) is -2.61. The van der Waals surface area contributed by atoms with Crippen molar-refractivity contribution in [1.29, 1.82) is 0 Å². The molecule has 34 heavy (non-hydrogen) atoms. The first-order valence-electron chi connectivity index (χ1n) is 11.3. The molecular formula is C22H30BN5O6. The van der Waals surface area contributed by atoms with Crippen LogP contribution in [0.3, 0.4) is 0 Å². The molecule has 2 aliphatic rings. The van der Waals surface area contributed by atoms with Crippen molar-refractivity contribution in [1.82, 2.24) is 15.5 Å². The fraction of sp³-hybridized carbons (Fsp3) is 0.500. The number of hydrogen-bond acceptors (Lipinski definition) is 8. The van der Waals surface area contributed by atoms with Crippen LogP contribution in [0.1, 0.15) is 18.4 Å². The number of aliphatic imine (C=N–C) groups is 2. The van der Waals surface area contributed by atoms with Crippen LogP contribution < -0.4 is 10.6 Å². The first kappa shape index (κ1) is 25.5. The van der Waals surface area contributed by atoms with Crippen molar-refractivity contribution in [2.24, 2.45) is 9.98 Å². The largest absolute Gasteiger partial charge is 0.475 e. The van der Waals surface area contributed by atoms with Crippen LogP contribution in [0, 0.1) is 0 Å². The van der Waals surface area contributed by atoms with Gasteiger partial charge in [-0.15, -0.1) is 0 Å². The van der Waals surface area contributed by atoms with Crippen LogP contribution in [-0.2, 0) is 25.5 Å². The number of nitrogens with zero attached hydrogens (tertiary/aromatic N) is 3. The van der Waals surface area contributed by atoms with E-state index in [0.29, 0.717) is 45.8 Å². The summed E-state index contributed by atoms with van der Waals surface area (Å²) < 4.78 is 5.26. The number of carbonyl (C=O) groups is 3. The van der Waals surface area contributed by atoms with Gasteiger partial charge in [0.05, 0.1) is 44.9 Å². The lowest BCUT2D eigenvalue weighted by atomic mass is 9.76. The minimum absolute atomic E-state index is 0.0747.